The summed E-state index contributed by atoms with van der Waals surface area (Å²) in [4.78, 5) is 14.2. The summed E-state index contributed by atoms with van der Waals surface area (Å²) in [6.07, 6.45) is 2.17. The summed E-state index contributed by atoms with van der Waals surface area (Å²) in [6.45, 7) is 10.4. The molecular weight excluding hydrogens is 288 g/mol. The first kappa shape index (κ1) is 17.8. The van der Waals surface area contributed by atoms with Crippen molar-refractivity contribution < 1.29 is 9.53 Å². The van der Waals surface area contributed by atoms with Crippen molar-refractivity contribution in [3.05, 3.63) is 29.8 Å². The second kappa shape index (κ2) is 8.92. The van der Waals surface area contributed by atoms with Gasteiger partial charge in [0.05, 0.1) is 0 Å². The standard InChI is InChI=1S/C19H30N2O2/c1-4-20-13-16-9-11-21(12-10-16)19(22)14-23-18-7-5-17(6-8-18)15(2)3/h5-8,15-16,20H,4,9-14H2,1-3H3. The summed E-state index contributed by atoms with van der Waals surface area (Å²) in [6, 6.07) is 8.03. The van der Waals surface area contributed by atoms with Crippen molar-refractivity contribution >= 4 is 5.91 Å². The van der Waals surface area contributed by atoms with Crippen LogP contribution in [0.25, 0.3) is 0 Å². The molecule has 0 unspecified atom stereocenters. The zero-order chi connectivity index (χ0) is 16.7. The van der Waals surface area contributed by atoms with E-state index in [1.165, 1.54) is 5.56 Å². The van der Waals surface area contributed by atoms with Crippen molar-refractivity contribution in [1.29, 1.82) is 0 Å². The van der Waals surface area contributed by atoms with Crippen molar-refractivity contribution in [3.63, 3.8) is 0 Å². The Morgan fingerprint density at radius 3 is 2.48 bits per heavy atom. The number of carbonyl (C=O) groups is 1. The largest absolute Gasteiger partial charge is 0.484 e. The minimum atomic E-state index is 0.0971. The van der Waals surface area contributed by atoms with E-state index in [9.17, 15) is 4.79 Å². The van der Waals surface area contributed by atoms with E-state index in [0.717, 1.165) is 44.8 Å². The molecule has 1 saturated heterocycles. The third kappa shape index (κ3) is 5.54. The molecular formula is C19H30N2O2. The molecule has 1 amide bonds. The van der Waals surface area contributed by atoms with Gasteiger partial charge in [0.25, 0.3) is 5.91 Å². The Morgan fingerprint density at radius 2 is 1.91 bits per heavy atom. The van der Waals surface area contributed by atoms with Crippen LogP contribution in [0.5, 0.6) is 5.75 Å². The van der Waals surface area contributed by atoms with Gasteiger partial charge in [-0.2, -0.15) is 0 Å². The fraction of sp³-hybridized carbons (Fsp3) is 0.632. The number of amides is 1. The Bertz CT molecular complexity index is 477. The highest BCUT2D eigenvalue weighted by Gasteiger charge is 2.22. The molecule has 1 aliphatic rings. The molecule has 128 valence electrons. The summed E-state index contributed by atoms with van der Waals surface area (Å²) in [5.41, 5.74) is 1.28. The van der Waals surface area contributed by atoms with E-state index in [0.29, 0.717) is 11.8 Å². The van der Waals surface area contributed by atoms with E-state index in [1.54, 1.807) is 0 Å². The quantitative estimate of drug-likeness (QED) is 0.840. The van der Waals surface area contributed by atoms with E-state index in [1.807, 2.05) is 17.0 Å². The van der Waals surface area contributed by atoms with Crippen LogP contribution in [-0.4, -0.2) is 43.6 Å². The number of nitrogens with one attached hydrogen (secondary N) is 1. The van der Waals surface area contributed by atoms with E-state index in [4.69, 9.17) is 4.74 Å². The van der Waals surface area contributed by atoms with Gasteiger partial charge in [0.1, 0.15) is 5.75 Å². The summed E-state index contributed by atoms with van der Waals surface area (Å²) in [5.74, 6) is 2.07. The van der Waals surface area contributed by atoms with Gasteiger partial charge < -0.3 is 15.0 Å². The summed E-state index contributed by atoms with van der Waals surface area (Å²) >= 11 is 0. The number of likely N-dealkylation sites (tertiary alicyclic amines) is 1. The molecule has 0 atom stereocenters. The predicted octanol–water partition coefficient (Wildman–Crippen LogP) is 3.04. The van der Waals surface area contributed by atoms with Gasteiger partial charge in [-0.05, 0) is 55.5 Å². The average Bonchev–Trinajstić information content (AvgIpc) is 2.58. The van der Waals surface area contributed by atoms with E-state index < -0.39 is 0 Å². The Labute approximate surface area is 140 Å². The van der Waals surface area contributed by atoms with Gasteiger partial charge in [-0.25, -0.2) is 0 Å². The van der Waals surface area contributed by atoms with E-state index in [2.05, 4.69) is 38.2 Å². The number of nitrogens with zero attached hydrogens (tertiary/aromatic N) is 1. The molecule has 0 spiro atoms. The molecule has 0 bridgehead atoms. The number of hydrogen-bond donors (Lipinski definition) is 1. The molecule has 4 heteroatoms. The topological polar surface area (TPSA) is 41.6 Å². The minimum Gasteiger partial charge on any atom is -0.484 e. The normalized spacial score (nSPS) is 15.9. The molecule has 1 heterocycles. The predicted molar refractivity (Wildman–Crippen MR) is 93.9 cm³/mol. The van der Waals surface area contributed by atoms with Crippen molar-refractivity contribution in [2.75, 3.05) is 32.8 Å². The molecule has 0 saturated carbocycles. The highest BCUT2D eigenvalue weighted by molar-refractivity contribution is 5.77. The minimum absolute atomic E-state index is 0.0971. The zero-order valence-electron chi connectivity index (χ0n) is 14.7. The number of piperidine rings is 1. The molecule has 2 rings (SSSR count). The maximum atomic E-state index is 12.3. The number of ether oxygens (including phenoxy) is 1. The highest BCUT2D eigenvalue weighted by Crippen LogP contribution is 2.19. The lowest BCUT2D eigenvalue weighted by Crippen LogP contribution is -2.42. The summed E-state index contributed by atoms with van der Waals surface area (Å²) in [7, 11) is 0. The van der Waals surface area contributed by atoms with Crippen LogP contribution in [0.1, 0.15) is 45.1 Å². The van der Waals surface area contributed by atoms with Gasteiger partial charge in [0.2, 0.25) is 0 Å². The summed E-state index contributed by atoms with van der Waals surface area (Å²) < 4.78 is 5.64. The first-order valence-corrected chi connectivity index (χ1v) is 8.81. The van der Waals surface area contributed by atoms with Crippen molar-refractivity contribution in [3.8, 4) is 5.75 Å². The van der Waals surface area contributed by atoms with Crippen LogP contribution in [-0.2, 0) is 4.79 Å². The van der Waals surface area contributed by atoms with Crippen LogP contribution < -0.4 is 10.1 Å². The van der Waals surface area contributed by atoms with E-state index >= 15 is 0 Å². The Balaban J connectivity index is 1.73. The third-order valence-electron chi connectivity index (χ3n) is 4.56. The molecule has 0 aliphatic carbocycles. The average molecular weight is 318 g/mol. The lowest BCUT2D eigenvalue weighted by atomic mass is 9.97. The molecule has 4 nitrogen and oxygen atoms in total. The highest BCUT2D eigenvalue weighted by atomic mass is 16.5. The number of hydrogen-bond acceptors (Lipinski definition) is 3. The number of carbonyl (C=O) groups excluding carboxylic acids is 1. The third-order valence-corrected chi connectivity index (χ3v) is 4.56. The fourth-order valence-electron chi connectivity index (χ4n) is 2.92. The molecule has 23 heavy (non-hydrogen) atoms. The smallest absolute Gasteiger partial charge is 0.260 e. The van der Waals surface area contributed by atoms with Crippen LogP contribution in [0.4, 0.5) is 0 Å². The van der Waals surface area contributed by atoms with Crippen molar-refractivity contribution in [2.45, 2.75) is 39.5 Å². The van der Waals surface area contributed by atoms with Gasteiger partial charge in [-0.3, -0.25) is 4.79 Å². The maximum absolute atomic E-state index is 12.3. The molecule has 1 aliphatic heterocycles. The Kier molecular flexibility index (Phi) is 6.90. The van der Waals surface area contributed by atoms with Gasteiger partial charge in [-0.1, -0.05) is 32.9 Å². The van der Waals surface area contributed by atoms with Crippen LogP contribution in [0.3, 0.4) is 0 Å². The Morgan fingerprint density at radius 1 is 1.26 bits per heavy atom. The molecule has 0 radical (unpaired) electrons. The van der Waals surface area contributed by atoms with E-state index in [-0.39, 0.29) is 12.5 Å². The lowest BCUT2D eigenvalue weighted by molar-refractivity contribution is -0.134. The molecule has 1 aromatic rings. The number of benzene rings is 1. The first-order valence-electron chi connectivity index (χ1n) is 8.81. The second-order valence-electron chi connectivity index (χ2n) is 6.64. The maximum Gasteiger partial charge on any atom is 0.260 e. The van der Waals surface area contributed by atoms with Crippen LogP contribution in [0.15, 0.2) is 24.3 Å². The van der Waals surface area contributed by atoms with Crippen LogP contribution in [0, 0.1) is 5.92 Å². The van der Waals surface area contributed by atoms with Crippen molar-refractivity contribution in [2.24, 2.45) is 5.92 Å². The molecule has 1 fully saturated rings. The lowest BCUT2D eigenvalue weighted by Gasteiger charge is -2.32. The van der Waals surface area contributed by atoms with Gasteiger partial charge in [0.15, 0.2) is 6.61 Å². The summed E-state index contributed by atoms with van der Waals surface area (Å²) in [5, 5.41) is 3.39. The molecule has 0 aromatic heterocycles. The van der Waals surface area contributed by atoms with Gasteiger partial charge >= 0.3 is 0 Å². The van der Waals surface area contributed by atoms with Crippen LogP contribution >= 0.6 is 0 Å². The second-order valence-corrected chi connectivity index (χ2v) is 6.64. The van der Waals surface area contributed by atoms with Crippen molar-refractivity contribution in [1.82, 2.24) is 10.2 Å². The monoisotopic (exact) mass is 318 g/mol. The first-order chi connectivity index (χ1) is 11.1. The zero-order valence-corrected chi connectivity index (χ0v) is 14.7. The Hall–Kier alpha value is -1.55. The molecule has 1 aromatic carbocycles. The van der Waals surface area contributed by atoms with Crippen LogP contribution in [0.2, 0.25) is 0 Å². The SMILES string of the molecule is CCNCC1CCN(C(=O)COc2ccc(C(C)C)cc2)CC1. The van der Waals surface area contributed by atoms with Gasteiger partial charge in [-0.15, -0.1) is 0 Å². The fourth-order valence-corrected chi connectivity index (χ4v) is 2.92. The van der Waals surface area contributed by atoms with Gasteiger partial charge in [0, 0.05) is 13.1 Å². The molecule has 1 N–H and O–H groups in total. The number of rotatable bonds is 7.